The Balaban J connectivity index is 1.89. The molecule has 1 aromatic heterocycles. The number of nitrogens with one attached hydrogen (secondary N) is 2. The van der Waals surface area contributed by atoms with Crippen LogP contribution in [0.1, 0.15) is 51.8 Å². The Morgan fingerprint density at radius 2 is 1.91 bits per heavy atom. The molecule has 0 bridgehead atoms. The normalized spacial score (nSPS) is 12.7. The number of nitrogens with zero attached hydrogens (tertiary/aromatic N) is 2. The number of benzene rings is 2. The van der Waals surface area contributed by atoms with E-state index in [1.165, 1.54) is 18.2 Å². The van der Waals surface area contributed by atoms with Crippen molar-refractivity contribution in [3.05, 3.63) is 94.6 Å². The Hall–Kier alpha value is -4.00. The quantitative estimate of drug-likeness (QED) is 0.268. The van der Waals surface area contributed by atoms with Crippen molar-refractivity contribution in [1.82, 2.24) is 15.3 Å². The third kappa shape index (κ3) is 5.37. The summed E-state index contributed by atoms with van der Waals surface area (Å²) in [6, 6.07) is 13.2. The number of aliphatic imine (C=N–C) groups is 1. The summed E-state index contributed by atoms with van der Waals surface area (Å²) in [5.41, 5.74) is 4.38. The van der Waals surface area contributed by atoms with Crippen LogP contribution < -0.4 is 5.32 Å². The van der Waals surface area contributed by atoms with Crippen LogP contribution in [0.5, 0.6) is 0 Å². The van der Waals surface area contributed by atoms with E-state index in [0.29, 0.717) is 17.0 Å². The minimum Gasteiger partial charge on any atom is -0.478 e. The molecule has 0 aliphatic heterocycles. The van der Waals surface area contributed by atoms with Crippen LogP contribution in [-0.2, 0) is 0 Å². The minimum absolute atomic E-state index is 0.158. The molecule has 3 N–H and O–H groups in total. The first-order chi connectivity index (χ1) is 15.4. The molecule has 0 saturated heterocycles. The summed E-state index contributed by atoms with van der Waals surface area (Å²) in [5, 5.41) is 12.3. The second-order valence-electron chi connectivity index (χ2n) is 7.10. The smallest absolute Gasteiger partial charge is 0.335 e. The first-order valence-corrected chi connectivity index (χ1v) is 10.2. The first-order valence-electron chi connectivity index (χ1n) is 10.2. The van der Waals surface area contributed by atoms with Crippen LogP contribution in [-0.4, -0.2) is 33.9 Å². The van der Waals surface area contributed by atoms with Gasteiger partial charge >= 0.3 is 5.97 Å². The van der Waals surface area contributed by atoms with Crippen molar-refractivity contribution in [1.29, 1.82) is 0 Å². The maximum absolute atomic E-state index is 15.0. The number of carboxylic acid groups (broad SMARTS) is 1. The monoisotopic (exact) mass is 432 g/mol. The number of aromatic carboxylic acids is 1. The van der Waals surface area contributed by atoms with Crippen molar-refractivity contribution in [3.8, 4) is 0 Å². The molecule has 32 heavy (non-hydrogen) atoms. The highest BCUT2D eigenvalue weighted by molar-refractivity contribution is 6.03. The van der Waals surface area contributed by atoms with Crippen LogP contribution in [0.25, 0.3) is 17.6 Å². The summed E-state index contributed by atoms with van der Waals surface area (Å²) in [5.74, 6) is -0.821. The molecular formula is C25H25FN4O2. The lowest BCUT2D eigenvalue weighted by molar-refractivity contribution is 0.0697. The van der Waals surface area contributed by atoms with Gasteiger partial charge in [-0.25, -0.2) is 14.2 Å². The Morgan fingerprint density at radius 1 is 1.19 bits per heavy atom. The summed E-state index contributed by atoms with van der Waals surface area (Å²) in [4.78, 5) is 22.7. The Bertz CT molecular complexity index is 1190. The van der Waals surface area contributed by atoms with Crippen LogP contribution in [0.2, 0.25) is 0 Å². The van der Waals surface area contributed by atoms with E-state index in [9.17, 15) is 9.18 Å². The first kappa shape index (κ1) is 22.7. The van der Waals surface area contributed by atoms with Crippen LogP contribution in [0.4, 0.5) is 4.39 Å². The Morgan fingerprint density at radius 3 is 2.50 bits per heavy atom. The molecule has 0 aliphatic rings. The molecule has 0 unspecified atom stereocenters. The van der Waals surface area contributed by atoms with Crippen LogP contribution in [0.3, 0.4) is 0 Å². The van der Waals surface area contributed by atoms with Crippen molar-refractivity contribution in [3.63, 3.8) is 0 Å². The van der Waals surface area contributed by atoms with Gasteiger partial charge in [-0.3, -0.25) is 4.99 Å². The largest absolute Gasteiger partial charge is 0.478 e. The molecule has 1 heterocycles. The number of aromatic amines is 1. The molecule has 164 valence electrons. The van der Waals surface area contributed by atoms with Crippen molar-refractivity contribution < 1.29 is 14.3 Å². The van der Waals surface area contributed by atoms with E-state index in [-0.39, 0.29) is 5.56 Å². The van der Waals surface area contributed by atoms with E-state index in [1.807, 2.05) is 26.0 Å². The zero-order valence-corrected chi connectivity index (χ0v) is 18.2. The second kappa shape index (κ2) is 10.3. The number of aromatic nitrogens is 2. The number of hydrogen-bond acceptors (Lipinski definition) is 3. The molecule has 0 radical (unpaired) electrons. The molecule has 2 aromatic carbocycles. The molecule has 0 atom stereocenters. The van der Waals surface area contributed by atoms with Gasteiger partial charge in [0, 0.05) is 24.0 Å². The predicted molar refractivity (Wildman–Crippen MR) is 126 cm³/mol. The van der Waals surface area contributed by atoms with E-state index in [4.69, 9.17) is 5.11 Å². The van der Waals surface area contributed by atoms with E-state index in [0.717, 1.165) is 29.1 Å². The van der Waals surface area contributed by atoms with E-state index in [1.54, 1.807) is 43.7 Å². The molecule has 6 nitrogen and oxygen atoms in total. The maximum atomic E-state index is 15.0. The topological polar surface area (TPSA) is 90.4 Å². The van der Waals surface area contributed by atoms with Gasteiger partial charge in [0.1, 0.15) is 11.5 Å². The van der Waals surface area contributed by atoms with Gasteiger partial charge in [0.15, 0.2) is 5.84 Å². The van der Waals surface area contributed by atoms with Gasteiger partial charge in [-0.1, -0.05) is 43.3 Å². The summed E-state index contributed by atoms with van der Waals surface area (Å²) < 4.78 is 15.0. The van der Waals surface area contributed by atoms with E-state index in [2.05, 4.69) is 20.3 Å². The third-order valence-corrected chi connectivity index (χ3v) is 4.84. The maximum Gasteiger partial charge on any atom is 0.335 e. The number of carboxylic acids is 1. The van der Waals surface area contributed by atoms with Gasteiger partial charge in [-0.15, -0.1) is 0 Å². The lowest BCUT2D eigenvalue weighted by Gasteiger charge is -2.14. The summed E-state index contributed by atoms with van der Waals surface area (Å²) in [7, 11) is 1.69. The fourth-order valence-electron chi connectivity index (χ4n) is 3.18. The summed E-state index contributed by atoms with van der Waals surface area (Å²) >= 11 is 0. The standard InChI is InChI=1S/C25H25FN4O2/c1-4-6-22(30-24(27-3)23-16(2)28-15-29-23)20-8-5-7-19(14-20)21(26)13-17-9-11-18(12-10-17)25(31)32/h5-15H,4H2,1-3H3,(H,27,30)(H,28,29)(H,31,32)/b21-13-,22-6-. The van der Waals surface area contributed by atoms with Gasteiger partial charge in [-0.2, -0.15) is 0 Å². The summed E-state index contributed by atoms with van der Waals surface area (Å²) in [6.07, 6.45) is 5.79. The van der Waals surface area contributed by atoms with Gasteiger partial charge in [0.25, 0.3) is 0 Å². The average molecular weight is 432 g/mol. The molecule has 0 spiro atoms. The number of halogens is 1. The van der Waals surface area contributed by atoms with Gasteiger partial charge < -0.3 is 15.4 Å². The number of rotatable bonds is 7. The highest BCUT2D eigenvalue weighted by atomic mass is 19.1. The highest BCUT2D eigenvalue weighted by Gasteiger charge is 2.13. The van der Waals surface area contributed by atoms with Crippen LogP contribution in [0.15, 0.2) is 65.9 Å². The van der Waals surface area contributed by atoms with Gasteiger partial charge in [-0.05, 0) is 48.7 Å². The highest BCUT2D eigenvalue weighted by Crippen LogP contribution is 2.24. The lowest BCUT2D eigenvalue weighted by atomic mass is 10.0. The number of imidazole rings is 1. The van der Waals surface area contributed by atoms with Gasteiger partial charge in [0.05, 0.1) is 11.9 Å². The zero-order chi connectivity index (χ0) is 23.1. The van der Waals surface area contributed by atoms with Crippen LogP contribution in [0, 0.1) is 6.92 Å². The molecular weight excluding hydrogens is 407 g/mol. The molecule has 7 heteroatoms. The van der Waals surface area contributed by atoms with Crippen molar-refractivity contribution in [2.45, 2.75) is 20.3 Å². The summed E-state index contributed by atoms with van der Waals surface area (Å²) in [6.45, 7) is 3.94. The van der Waals surface area contributed by atoms with E-state index >= 15 is 0 Å². The van der Waals surface area contributed by atoms with E-state index < -0.39 is 11.8 Å². The SMILES string of the molecule is CC/C=C(\NC(=NC)c1nc[nH]c1C)c1cccc(/C(F)=C/c2ccc(C(=O)O)cc2)c1. The number of hydrogen-bond donors (Lipinski definition) is 3. The minimum atomic E-state index is -1.02. The number of carbonyl (C=O) groups is 1. The predicted octanol–water partition coefficient (Wildman–Crippen LogP) is 5.30. The van der Waals surface area contributed by atoms with Crippen molar-refractivity contribution in [2.75, 3.05) is 7.05 Å². The molecule has 0 fully saturated rings. The van der Waals surface area contributed by atoms with Crippen molar-refractivity contribution >= 4 is 29.4 Å². The van der Waals surface area contributed by atoms with Crippen molar-refractivity contribution in [2.24, 2.45) is 4.99 Å². The Kier molecular flexibility index (Phi) is 7.33. The molecule has 0 amide bonds. The molecule has 0 aliphatic carbocycles. The van der Waals surface area contributed by atoms with Gasteiger partial charge in [0.2, 0.25) is 0 Å². The second-order valence-corrected chi connectivity index (χ2v) is 7.10. The average Bonchev–Trinajstić information content (AvgIpc) is 3.22. The molecule has 0 saturated carbocycles. The molecule has 3 rings (SSSR count). The lowest BCUT2D eigenvalue weighted by Crippen LogP contribution is -2.24. The molecule has 3 aromatic rings. The third-order valence-electron chi connectivity index (χ3n) is 4.84. The van der Waals surface area contributed by atoms with Crippen LogP contribution >= 0.6 is 0 Å². The number of allylic oxidation sites excluding steroid dienone is 1. The zero-order valence-electron chi connectivity index (χ0n) is 18.2. The number of aryl methyl sites for hydroxylation is 1. The number of H-pyrrole nitrogens is 1. The number of amidine groups is 1. The fraction of sp³-hybridized carbons (Fsp3) is 0.160. The Labute approximate surface area is 186 Å². The fourth-order valence-corrected chi connectivity index (χ4v) is 3.18.